The molecule has 46 heavy (non-hydrogen) atoms. The molecule has 0 fully saturated rings. The van der Waals surface area contributed by atoms with E-state index in [1.807, 2.05) is 25.1 Å². The van der Waals surface area contributed by atoms with Gasteiger partial charge in [0.05, 0.1) is 47.1 Å². The minimum Gasteiger partial charge on any atom is -0.495 e. The van der Waals surface area contributed by atoms with Crippen molar-refractivity contribution in [2.75, 3.05) is 31.3 Å². The fourth-order valence-electron chi connectivity index (χ4n) is 4.75. The average Bonchev–Trinajstić information content (AvgIpc) is 3.45. The van der Waals surface area contributed by atoms with Crippen LogP contribution in [-0.2, 0) is 20.8 Å². The predicted molar refractivity (Wildman–Crippen MR) is 175 cm³/mol. The van der Waals surface area contributed by atoms with Crippen LogP contribution in [0.3, 0.4) is 0 Å². The molecule has 14 heteroatoms. The normalized spacial score (nSPS) is 14.4. The number of methoxy groups -OCH3 is 1. The van der Waals surface area contributed by atoms with Crippen LogP contribution in [-0.4, -0.2) is 72.4 Å². The summed E-state index contributed by atoms with van der Waals surface area (Å²) in [6, 6.07) is 15.3. The van der Waals surface area contributed by atoms with Crippen molar-refractivity contribution in [3.63, 3.8) is 0 Å². The molecule has 1 aliphatic rings. The quantitative estimate of drug-likeness (QED) is 0.202. The Balaban J connectivity index is 1.28. The van der Waals surface area contributed by atoms with Gasteiger partial charge in [0.15, 0.2) is 0 Å². The van der Waals surface area contributed by atoms with E-state index in [9.17, 15) is 24.3 Å². The van der Waals surface area contributed by atoms with Crippen LogP contribution in [0.15, 0.2) is 65.8 Å². The molecule has 2 unspecified atom stereocenters. The zero-order valence-corrected chi connectivity index (χ0v) is 26.8. The number of para-hydroxylation sites is 1. The highest BCUT2D eigenvalue weighted by atomic mass is 35.5. The summed E-state index contributed by atoms with van der Waals surface area (Å²) in [5.74, 6) is -1.80. The largest absolute Gasteiger partial charge is 0.495 e. The van der Waals surface area contributed by atoms with Gasteiger partial charge in [0.25, 0.3) is 5.91 Å². The first-order valence-electron chi connectivity index (χ1n) is 14.2. The third kappa shape index (κ3) is 8.89. The van der Waals surface area contributed by atoms with E-state index in [1.165, 1.54) is 24.1 Å². The van der Waals surface area contributed by atoms with Crippen molar-refractivity contribution in [2.45, 2.75) is 38.3 Å². The lowest BCUT2D eigenvalue weighted by atomic mass is 10.0. The molecular formula is C32H33Cl2N5O7. The number of hydrogen-bond acceptors (Lipinski definition) is 7. The molecule has 0 spiro atoms. The molecule has 0 aromatic heterocycles. The zero-order chi connectivity index (χ0) is 33.4. The molecule has 0 saturated carbocycles. The number of carbonyl (C=O) groups is 4. The maximum absolute atomic E-state index is 13.0. The zero-order valence-electron chi connectivity index (χ0n) is 25.3. The standard InChI is InChI=1S/C32H33Cl2N5O7/c1-18-7-4-5-10-24(18)36-32(44)37-25-12-11-19(13-27(25)45-3)14-28(40)39(2)17-20-15-21(46-38-20)16-26(31(42)43)35-30(41)29-22(33)8-6-9-23(29)34/h4-13,21,26H,14-17H2,1-3H3,(H,35,41)(H,42,43)(H2,36,37,44). The van der Waals surface area contributed by atoms with Crippen LogP contribution < -0.4 is 20.7 Å². The topological polar surface area (TPSA) is 159 Å². The smallest absolute Gasteiger partial charge is 0.326 e. The number of rotatable bonds is 12. The first-order chi connectivity index (χ1) is 21.9. The minimum absolute atomic E-state index is 0.0198. The summed E-state index contributed by atoms with van der Waals surface area (Å²) >= 11 is 12.2. The lowest BCUT2D eigenvalue weighted by Gasteiger charge is -2.19. The third-order valence-corrected chi connectivity index (χ3v) is 7.82. The van der Waals surface area contributed by atoms with Crippen molar-refractivity contribution in [1.29, 1.82) is 0 Å². The van der Waals surface area contributed by atoms with Crippen LogP contribution in [0.5, 0.6) is 5.75 Å². The van der Waals surface area contributed by atoms with E-state index in [0.717, 1.165) is 5.56 Å². The van der Waals surface area contributed by atoms with Crippen LogP contribution in [0, 0.1) is 6.92 Å². The molecule has 0 aliphatic carbocycles. The summed E-state index contributed by atoms with van der Waals surface area (Å²) in [5.41, 5.74) is 3.23. The van der Waals surface area contributed by atoms with E-state index >= 15 is 0 Å². The molecule has 0 radical (unpaired) electrons. The van der Waals surface area contributed by atoms with Gasteiger partial charge in [-0.2, -0.15) is 0 Å². The van der Waals surface area contributed by atoms with Gasteiger partial charge in [-0.15, -0.1) is 0 Å². The van der Waals surface area contributed by atoms with Crippen molar-refractivity contribution >= 4 is 64.1 Å². The molecule has 12 nitrogen and oxygen atoms in total. The Labute approximate surface area is 275 Å². The van der Waals surface area contributed by atoms with Crippen LogP contribution in [0.25, 0.3) is 0 Å². The fourth-order valence-corrected chi connectivity index (χ4v) is 5.31. The molecule has 4 rings (SSSR count). The van der Waals surface area contributed by atoms with E-state index in [1.54, 1.807) is 37.4 Å². The van der Waals surface area contributed by atoms with Crippen molar-refractivity contribution in [3.8, 4) is 5.75 Å². The Hall–Kier alpha value is -4.81. The van der Waals surface area contributed by atoms with Gasteiger partial charge in [-0.25, -0.2) is 9.59 Å². The molecule has 3 aromatic rings. The van der Waals surface area contributed by atoms with E-state index < -0.39 is 30.1 Å². The molecule has 0 saturated heterocycles. The maximum atomic E-state index is 13.0. The number of carboxylic acids is 1. The number of anilines is 2. The van der Waals surface area contributed by atoms with Crippen LogP contribution >= 0.6 is 23.2 Å². The molecule has 4 amide bonds. The van der Waals surface area contributed by atoms with Gasteiger partial charge < -0.3 is 35.5 Å². The number of hydrogen-bond donors (Lipinski definition) is 4. The van der Waals surface area contributed by atoms with E-state index in [0.29, 0.717) is 28.4 Å². The molecule has 2 atom stereocenters. The molecule has 242 valence electrons. The van der Waals surface area contributed by atoms with Crippen molar-refractivity contribution < 1.29 is 33.9 Å². The number of amides is 4. The molecule has 3 aromatic carbocycles. The number of aryl methyl sites for hydroxylation is 1. The van der Waals surface area contributed by atoms with Crippen molar-refractivity contribution in [1.82, 2.24) is 10.2 Å². The summed E-state index contributed by atoms with van der Waals surface area (Å²) < 4.78 is 5.45. The van der Waals surface area contributed by atoms with Crippen LogP contribution in [0.2, 0.25) is 10.0 Å². The summed E-state index contributed by atoms with van der Waals surface area (Å²) in [5, 5.41) is 21.9. The Morgan fingerprint density at radius 3 is 2.41 bits per heavy atom. The molecule has 0 bridgehead atoms. The first kappa shape index (κ1) is 34.1. The van der Waals surface area contributed by atoms with Crippen molar-refractivity contribution in [2.24, 2.45) is 5.16 Å². The number of nitrogens with one attached hydrogen (secondary N) is 3. The van der Waals surface area contributed by atoms with E-state index in [4.69, 9.17) is 32.8 Å². The van der Waals surface area contributed by atoms with Gasteiger partial charge in [-0.1, -0.05) is 58.7 Å². The monoisotopic (exact) mass is 669 g/mol. The number of benzene rings is 3. The predicted octanol–water partition coefficient (Wildman–Crippen LogP) is 5.37. The Kier molecular flexibility index (Phi) is 11.4. The number of aliphatic carboxylic acids is 1. The third-order valence-electron chi connectivity index (χ3n) is 7.19. The van der Waals surface area contributed by atoms with Gasteiger partial charge in [0.1, 0.15) is 17.9 Å². The summed E-state index contributed by atoms with van der Waals surface area (Å²) in [6.45, 7) is 2.05. The number of ether oxygens (including phenoxy) is 1. The number of oxime groups is 1. The number of halogens is 2. The molecular weight excluding hydrogens is 637 g/mol. The number of carboxylic acid groups (broad SMARTS) is 1. The van der Waals surface area contributed by atoms with Crippen molar-refractivity contribution in [3.05, 3.63) is 87.4 Å². The number of carbonyl (C=O) groups excluding carboxylic acids is 3. The lowest BCUT2D eigenvalue weighted by molar-refractivity contribution is -0.140. The summed E-state index contributed by atoms with van der Waals surface area (Å²) in [7, 11) is 3.09. The minimum atomic E-state index is -1.29. The van der Waals surface area contributed by atoms with Gasteiger partial charge in [-0.3, -0.25) is 9.59 Å². The SMILES string of the molecule is COc1cc(CC(=O)N(C)CC2=NOC(CC(NC(=O)c3c(Cl)cccc3Cl)C(=O)O)C2)ccc1NC(=O)Nc1ccccc1C. The second-order valence-electron chi connectivity index (χ2n) is 10.6. The highest BCUT2D eigenvalue weighted by Gasteiger charge is 2.31. The maximum Gasteiger partial charge on any atom is 0.326 e. The van der Waals surface area contributed by atoms with E-state index in [-0.39, 0.29) is 47.3 Å². The number of nitrogens with zero attached hydrogens (tertiary/aromatic N) is 2. The van der Waals surface area contributed by atoms with Gasteiger partial charge in [0.2, 0.25) is 5.91 Å². The number of likely N-dealkylation sites (N-methyl/N-ethyl adjacent to an activating group) is 1. The van der Waals surface area contributed by atoms with E-state index in [2.05, 4.69) is 21.1 Å². The van der Waals surface area contributed by atoms with Crippen LogP contribution in [0.4, 0.5) is 16.2 Å². The van der Waals surface area contributed by atoms with Gasteiger partial charge in [0, 0.05) is 25.6 Å². The summed E-state index contributed by atoms with van der Waals surface area (Å²) in [4.78, 5) is 57.1. The van der Waals surface area contributed by atoms with Crippen LogP contribution in [0.1, 0.15) is 34.3 Å². The lowest BCUT2D eigenvalue weighted by Crippen LogP contribution is -2.43. The fraction of sp³-hybridized carbons (Fsp3) is 0.281. The first-order valence-corrected chi connectivity index (χ1v) is 14.9. The molecule has 4 N–H and O–H groups in total. The molecule has 1 heterocycles. The Morgan fingerprint density at radius 2 is 1.74 bits per heavy atom. The second kappa shape index (κ2) is 15.5. The highest BCUT2D eigenvalue weighted by Crippen LogP contribution is 2.27. The van der Waals surface area contributed by atoms with Gasteiger partial charge >= 0.3 is 12.0 Å². The Bertz CT molecular complexity index is 1650. The average molecular weight is 671 g/mol. The summed E-state index contributed by atoms with van der Waals surface area (Å²) in [6.07, 6.45) is -0.383. The van der Waals surface area contributed by atoms with Gasteiger partial charge in [-0.05, 0) is 48.4 Å². The number of urea groups is 1. The highest BCUT2D eigenvalue weighted by molar-refractivity contribution is 6.39. The second-order valence-corrected chi connectivity index (χ2v) is 11.5. The Morgan fingerprint density at radius 1 is 1.04 bits per heavy atom. The molecule has 1 aliphatic heterocycles.